The van der Waals surface area contributed by atoms with Gasteiger partial charge in [-0.3, -0.25) is 4.79 Å². The predicted octanol–water partition coefficient (Wildman–Crippen LogP) is 1.23. The van der Waals surface area contributed by atoms with Crippen molar-refractivity contribution < 1.29 is 8.42 Å². The van der Waals surface area contributed by atoms with Crippen LogP contribution in [0.15, 0.2) is 32.7 Å². The van der Waals surface area contributed by atoms with Crippen LogP contribution in [0.4, 0.5) is 5.69 Å². The Morgan fingerprint density at radius 3 is 2.86 bits per heavy atom. The summed E-state index contributed by atoms with van der Waals surface area (Å²) in [4.78, 5) is 11.6. The summed E-state index contributed by atoms with van der Waals surface area (Å²) in [5, 5.41) is 8.51. The van der Waals surface area contributed by atoms with Crippen LogP contribution in [0.2, 0.25) is 5.02 Å². The topological polar surface area (TPSA) is 84.3 Å². The standard InChI is InChI=1S/C12H15ClN4O3S2/c1-16(22(19,20)10-4-3-7-21-10)6-5-14-9-8-15-17(2)12(18)11(9)13/h3-4,7-8,14H,5-6H2,1-2H3. The first-order valence-electron chi connectivity index (χ1n) is 6.29. The van der Waals surface area contributed by atoms with Gasteiger partial charge in [0.15, 0.2) is 0 Å². The first kappa shape index (κ1) is 16.9. The van der Waals surface area contributed by atoms with Gasteiger partial charge in [-0.05, 0) is 11.4 Å². The van der Waals surface area contributed by atoms with Gasteiger partial charge in [0.1, 0.15) is 9.23 Å². The summed E-state index contributed by atoms with van der Waals surface area (Å²) < 4.78 is 27.1. The van der Waals surface area contributed by atoms with E-state index < -0.39 is 15.6 Å². The monoisotopic (exact) mass is 362 g/mol. The zero-order valence-corrected chi connectivity index (χ0v) is 14.4. The Balaban J connectivity index is 2.00. The molecule has 2 heterocycles. The lowest BCUT2D eigenvalue weighted by molar-refractivity contribution is 0.482. The summed E-state index contributed by atoms with van der Waals surface area (Å²) in [6, 6.07) is 3.25. The molecule has 22 heavy (non-hydrogen) atoms. The van der Waals surface area contributed by atoms with Gasteiger partial charge < -0.3 is 5.32 Å². The lowest BCUT2D eigenvalue weighted by atomic mass is 10.4. The number of aromatic nitrogens is 2. The summed E-state index contributed by atoms with van der Waals surface area (Å²) in [7, 11) is -0.478. The lowest BCUT2D eigenvalue weighted by Gasteiger charge is -2.17. The SMILES string of the molecule is CN(CCNc1cnn(C)c(=O)c1Cl)S(=O)(=O)c1cccs1. The Bertz CT molecular complexity index is 802. The van der Waals surface area contributed by atoms with Gasteiger partial charge >= 0.3 is 0 Å². The first-order chi connectivity index (χ1) is 10.3. The lowest BCUT2D eigenvalue weighted by Crippen LogP contribution is -2.31. The molecule has 0 atom stereocenters. The average Bonchev–Trinajstić information content (AvgIpc) is 3.02. The van der Waals surface area contributed by atoms with Crippen molar-refractivity contribution >= 4 is 38.6 Å². The summed E-state index contributed by atoms with van der Waals surface area (Å²) in [5.41, 5.74) is -0.0297. The molecule has 0 bridgehead atoms. The number of nitrogens with zero attached hydrogens (tertiary/aromatic N) is 3. The van der Waals surface area contributed by atoms with Crippen molar-refractivity contribution in [2.75, 3.05) is 25.5 Å². The number of nitrogens with one attached hydrogen (secondary N) is 1. The molecule has 0 aliphatic carbocycles. The fourth-order valence-corrected chi connectivity index (χ4v) is 4.28. The average molecular weight is 363 g/mol. The van der Waals surface area contributed by atoms with Crippen molar-refractivity contribution in [3.8, 4) is 0 Å². The maximum Gasteiger partial charge on any atom is 0.287 e. The molecule has 0 radical (unpaired) electrons. The maximum absolute atomic E-state index is 12.2. The van der Waals surface area contributed by atoms with Crippen LogP contribution < -0.4 is 10.9 Å². The minimum absolute atomic E-state index is 0.0290. The number of likely N-dealkylation sites (N-methyl/N-ethyl adjacent to an activating group) is 1. The minimum Gasteiger partial charge on any atom is -0.381 e. The third kappa shape index (κ3) is 3.49. The van der Waals surface area contributed by atoms with Gasteiger partial charge in [-0.15, -0.1) is 11.3 Å². The summed E-state index contributed by atoms with van der Waals surface area (Å²) in [6.07, 6.45) is 1.43. The number of sulfonamides is 1. The van der Waals surface area contributed by atoms with Gasteiger partial charge in [-0.2, -0.15) is 9.40 Å². The largest absolute Gasteiger partial charge is 0.381 e. The Morgan fingerprint density at radius 2 is 2.23 bits per heavy atom. The first-order valence-corrected chi connectivity index (χ1v) is 8.99. The fraction of sp³-hybridized carbons (Fsp3) is 0.333. The molecular formula is C12H15ClN4O3S2. The second-order valence-electron chi connectivity index (χ2n) is 4.49. The van der Waals surface area contributed by atoms with E-state index in [1.165, 1.54) is 35.9 Å². The van der Waals surface area contributed by atoms with Crippen LogP contribution in [0.3, 0.4) is 0 Å². The summed E-state index contributed by atoms with van der Waals surface area (Å²) in [6.45, 7) is 0.529. The Morgan fingerprint density at radius 1 is 1.50 bits per heavy atom. The van der Waals surface area contributed by atoms with E-state index in [9.17, 15) is 13.2 Å². The molecule has 2 aromatic rings. The maximum atomic E-state index is 12.2. The van der Waals surface area contributed by atoms with Crippen LogP contribution >= 0.6 is 22.9 Å². The van der Waals surface area contributed by atoms with E-state index in [2.05, 4.69) is 10.4 Å². The molecular weight excluding hydrogens is 348 g/mol. The molecule has 0 aliphatic rings. The summed E-state index contributed by atoms with van der Waals surface area (Å²) >= 11 is 7.09. The molecule has 0 unspecified atom stereocenters. The normalized spacial score (nSPS) is 11.8. The van der Waals surface area contributed by atoms with Crippen LogP contribution in [0, 0.1) is 0 Å². The molecule has 1 N–H and O–H groups in total. The number of aryl methyl sites for hydroxylation is 1. The molecule has 120 valence electrons. The molecule has 0 saturated carbocycles. The highest BCUT2D eigenvalue weighted by molar-refractivity contribution is 7.91. The number of anilines is 1. The molecule has 10 heteroatoms. The highest BCUT2D eigenvalue weighted by Crippen LogP contribution is 2.20. The van der Waals surface area contributed by atoms with Crippen LogP contribution in [-0.2, 0) is 17.1 Å². The second kappa shape index (κ2) is 6.78. The fourth-order valence-electron chi connectivity index (χ4n) is 1.67. The van der Waals surface area contributed by atoms with E-state index in [0.717, 1.165) is 4.68 Å². The predicted molar refractivity (Wildman–Crippen MR) is 87.1 cm³/mol. The van der Waals surface area contributed by atoms with Crippen molar-refractivity contribution in [2.45, 2.75) is 4.21 Å². The van der Waals surface area contributed by atoms with E-state index in [1.54, 1.807) is 17.5 Å². The number of hydrogen-bond donors (Lipinski definition) is 1. The Hall–Kier alpha value is -1.42. The molecule has 0 aliphatic heterocycles. The Labute approximate surface area is 137 Å². The van der Waals surface area contributed by atoms with Crippen LogP contribution in [0.1, 0.15) is 0 Å². The third-order valence-corrected chi connectivity index (χ3v) is 6.58. The van der Waals surface area contributed by atoms with Gasteiger partial charge in [-0.1, -0.05) is 17.7 Å². The van der Waals surface area contributed by atoms with Crippen molar-refractivity contribution in [2.24, 2.45) is 7.05 Å². The number of rotatable bonds is 6. The quantitative estimate of drug-likeness (QED) is 0.835. The molecule has 0 spiro atoms. The van der Waals surface area contributed by atoms with Crippen LogP contribution in [0.25, 0.3) is 0 Å². The molecule has 2 rings (SSSR count). The van der Waals surface area contributed by atoms with Gasteiger partial charge in [-0.25, -0.2) is 13.1 Å². The van der Waals surface area contributed by atoms with Gasteiger partial charge in [0.2, 0.25) is 0 Å². The van der Waals surface area contributed by atoms with Gasteiger partial charge in [0.25, 0.3) is 15.6 Å². The second-order valence-corrected chi connectivity index (χ2v) is 8.08. The van der Waals surface area contributed by atoms with E-state index in [4.69, 9.17) is 11.6 Å². The van der Waals surface area contributed by atoms with Crippen molar-refractivity contribution in [1.82, 2.24) is 14.1 Å². The molecule has 2 aromatic heterocycles. The minimum atomic E-state index is -3.48. The molecule has 0 fully saturated rings. The van der Waals surface area contributed by atoms with Crippen molar-refractivity contribution in [3.05, 3.63) is 39.1 Å². The van der Waals surface area contributed by atoms with E-state index in [-0.39, 0.29) is 11.6 Å². The third-order valence-electron chi connectivity index (χ3n) is 2.98. The zero-order chi connectivity index (χ0) is 16.3. The van der Waals surface area contributed by atoms with Crippen molar-refractivity contribution in [1.29, 1.82) is 0 Å². The zero-order valence-electron chi connectivity index (χ0n) is 12.0. The Kier molecular flexibility index (Phi) is 5.22. The van der Waals surface area contributed by atoms with E-state index in [0.29, 0.717) is 16.4 Å². The van der Waals surface area contributed by atoms with Gasteiger partial charge in [0.05, 0.1) is 11.9 Å². The highest BCUT2D eigenvalue weighted by Gasteiger charge is 2.21. The van der Waals surface area contributed by atoms with Crippen LogP contribution in [-0.4, -0.2) is 42.6 Å². The highest BCUT2D eigenvalue weighted by atomic mass is 35.5. The molecule has 0 aromatic carbocycles. The number of hydrogen-bond acceptors (Lipinski definition) is 6. The van der Waals surface area contributed by atoms with E-state index >= 15 is 0 Å². The van der Waals surface area contributed by atoms with Crippen LogP contribution in [0.5, 0.6) is 0 Å². The number of thiophene rings is 1. The molecule has 7 nitrogen and oxygen atoms in total. The van der Waals surface area contributed by atoms with Crippen molar-refractivity contribution in [3.63, 3.8) is 0 Å². The smallest absolute Gasteiger partial charge is 0.287 e. The van der Waals surface area contributed by atoms with Gasteiger partial charge in [0, 0.05) is 27.2 Å². The molecule has 0 saturated heterocycles. The molecule has 0 amide bonds. The number of halogens is 1. The summed E-state index contributed by atoms with van der Waals surface area (Å²) in [5.74, 6) is 0. The van der Waals surface area contributed by atoms with E-state index in [1.807, 2.05) is 0 Å².